The number of ether oxygens (including phenoxy) is 1. The first kappa shape index (κ1) is 17.2. The average Bonchev–Trinajstić information content (AvgIpc) is 3.43. The fourth-order valence-electron chi connectivity index (χ4n) is 3.08. The van der Waals surface area contributed by atoms with Crippen LogP contribution in [0.25, 0.3) is 0 Å². The molecular weight excluding hydrogens is 302 g/mol. The molecule has 1 aliphatic carbocycles. The van der Waals surface area contributed by atoms with E-state index in [9.17, 15) is 4.79 Å². The summed E-state index contributed by atoms with van der Waals surface area (Å²) >= 11 is 0. The molecule has 5 nitrogen and oxygen atoms in total. The molecule has 1 aliphatic heterocycles. The van der Waals surface area contributed by atoms with Gasteiger partial charge in [-0.25, -0.2) is 0 Å². The molecule has 0 radical (unpaired) electrons. The van der Waals surface area contributed by atoms with Crippen LogP contribution in [0.1, 0.15) is 26.2 Å². The monoisotopic (exact) mass is 331 g/mol. The topological polar surface area (TPSA) is 44.8 Å². The van der Waals surface area contributed by atoms with Gasteiger partial charge in [0, 0.05) is 38.8 Å². The number of carbonyl (C=O) groups is 1. The number of piperazine rings is 1. The van der Waals surface area contributed by atoms with E-state index in [1.807, 2.05) is 37.3 Å². The van der Waals surface area contributed by atoms with Crippen molar-refractivity contribution in [2.24, 2.45) is 0 Å². The highest BCUT2D eigenvalue weighted by Crippen LogP contribution is 2.19. The van der Waals surface area contributed by atoms with Crippen molar-refractivity contribution in [1.29, 1.82) is 0 Å². The van der Waals surface area contributed by atoms with Crippen molar-refractivity contribution in [2.75, 3.05) is 39.3 Å². The summed E-state index contributed by atoms with van der Waals surface area (Å²) < 4.78 is 5.74. The van der Waals surface area contributed by atoms with Gasteiger partial charge in [0.15, 0.2) is 0 Å². The minimum atomic E-state index is -0.00540. The highest BCUT2D eigenvalue weighted by Gasteiger charge is 2.29. The van der Waals surface area contributed by atoms with E-state index >= 15 is 0 Å². The summed E-state index contributed by atoms with van der Waals surface area (Å²) in [6, 6.07) is 10.4. The SMILES string of the molecule is CC(C(=O)NC1CC1)N1CCN(CCCOc2ccccc2)CC1. The quantitative estimate of drug-likeness (QED) is 0.737. The lowest BCUT2D eigenvalue weighted by atomic mass is 10.2. The molecule has 24 heavy (non-hydrogen) atoms. The number of nitrogens with zero attached hydrogens (tertiary/aromatic N) is 2. The minimum Gasteiger partial charge on any atom is -0.494 e. The Labute approximate surface area is 145 Å². The summed E-state index contributed by atoms with van der Waals surface area (Å²) in [5.41, 5.74) is 0. The molecule has 3 rings (SSSR count). The van der Waals surface area contributed by atoms with E-state index in [2.05, 4.69) is 15.1 Å². The molecule has 0 aromatic heterocycles. The van der Waals surface area contributed by atoms with E-state index in [1.165, 1.54) is 0 Å². The molecular formula is C19H29N3O2. The highest BCUT2D eigenvalue weighted by atomic mass is 16.5. The fraction of sp³-hybridized carbons (Fsp3) is 0.632. The first-order chi connectivity index (χ1) is 11.7. The van der Waals surface area contributed by atoms with Crippen LogP contribution in [0.5, 0.6) is 5.75 Å². The van der Waals surface area contributed by atoms with Gasteiger partial charge in [0.1, 0.15) is 5.75 Å². The Morgan fingerprint density at radius 2 is 1.92 bits per heavy atom. The van der Waals surface area contributed by atoms with E-state index in [0.717, 1.165) is 64.3 Å². The van der Waals surface area contributed by atoms with Gasteiger partial charge in [-0.1, -0.05) is 18.2 Å². The number of carbonyl (C=O) groups excluding carboxylic acids is 1. The van der Waals surface area contributed by atoms with Crippen LogP contribution in [0.2, 0.25) is 0 Å². The fourth-order valence-corrected chi connectivity index (χ4v) is 3.08. The molecule has 2 fully saturated rings. The second-order valence-corrected chi connectivity index (χ2v) is 6.85. The lowest BCUT2D eigenvalue weighted by Crippen LogP contribution is -2.54. The smallest absolute Gasteiger partial charge is 0.237 e. The van der Waals surface area contributed by atoms with Gasteiger partial charge in [0.05, 0.1) is 12.6 Å². The molecule has 1 atom stereocenters. The molecule has 1 aromatic rings. The average molecular weight is 331 g/mol. The molecule has 132 valence electrons. The molecule has 1 unspecified atom stereocenters. The number of hydrogen-bond acceptors (Lipinski definition) is 4. The van der Waals surface area contributed by atoms with Crippen molar-refractivity contribution in [3.05, 3.63) is 30.3 Å². The molecule has 1 amide bonds. The number of para-hydroxylation sites is 1. The maximum atomic E-state index is 12.1. The van der Waals surface area contributed by atoms with Gasteiger partial charge in [-0.15, -0.1) is 0 Å². The molecule has 0 bridgehead atoms. The Morgan fingerprint density at radius 3 is 2.58 bits per heavy atom. The standard InChI is InChI=1S/C19H29N3O2/c1-16(19(23)20-17-8-9-17)22-13-11-21(12-14-22)10-5-15-24-18-6-3-2-4-7-18/h2-4,6-7,16-17H,5,8-15H2,1H3,(H,20,23). The molecule has 2 aliphatic rings. The Balaban J connectivity index is 1.29. The number of rotatable bonds is 8. The van der Waals surface area contributed by atoms with Crippen LogP contribution in [0, 0.1) is 0 Å². The molecule has 1 N–H and O–H groups in total. The molecule has 1 aromatic carbocycles. The number of hydrogen-bond donors (Lipinski definition) is 1. The van der Waals surface area contributed by atoms with Gasteiger partial charge in [-0.05, 0) is 38.3 Å². The van der Waals surface area contributed by atoms with Crippen molar-refractivity contribution >= 4 is 5.91 Å². The van der Waals surface area contributed by atoms with Crippen molar-refractivity contribution in [1.82, 2.24) is 15.1 Å². The zero-order valence-corrected chi connectivity index (χ0v) is 14.6. The summed E-state index contributed by atoms with van der Waals surface area (Å²) in [5, 5.41) is 3.11. The largest absolute Gasteiger partial charge is 0.494 e. The van der Waals surface area contributed by atoms with E-state index < -0.39 is 0 Å². The number of nitrogens with one attached hydrogen (secondary N) is 1. The highest BCUT2D eigenvalue weighted by molar-refractivity contribution is 5.81. The minimum absolute atomic E-state index is 0.00540. The maximum Gasteiger partial charge on any atom is 0.237 e. The zero-order valence-electron chi connectivity index (χ0n) is 14.6. The van der Waals surface area contributed by atoms with Gasteiger partial charge >= 0.3 is 0 Å². The number of amides is 1. The Morgan fingerprint density at radius 1 is 1.21 bits per heavy atom. The van der Waals surface area contributed by atoms with E-state index in [-0.39, 0.29) is 11.9 Å². The first-order valence-corrected chi connectivity index (χ1v) is 9.17. The Hall–Kier alpha value is -1.59. The lowest BCUT2D eigenvalue weighted by molar-refractivity contribution is -0.126. The zero-order chi connectivity index (χ0) is 16.8. The van der Waals surface area contributed by atoms with E-state index in [0.29, 0.717) is 6.04 Å². The number of benzene rings is 1. The van der Waals surface area contributed by atoms with E-state index in [4.69, 9.17) is 4.74 Å². The van der Waals surface area contributed by atoms with Gasteiger partial charge in [0.25, 0.3) is 0 Å². The normalized spacial score (nSPS) is 20.5. The second-order valence-electron chi connectivity index (χ2n) is 6.85. The van der Waals surface area contributed by atoms with Crippen molar-refractivity contribution in [3.8, 4) is 5.75 Å². The van der Waals surface area contributed by atoms with Crippen LogP contribution in [-0.2, 0) is 4.79 Å². The van der Waals surface area contributed by atoms with Crippen LogP contribution in [0.4, 0.5) is 0 Å². The van der Waals surface area contributed by atoms with Crippen molar-refractivity contribution in [3.63, 3.8) is 0 Å². The van der Waals surface area contributed by atoms with Gasteiger partial charge in [0.2, 0.25) is 5.91 Å². The predicted molar refractivity (Wildman–Crippen MR) is 95.2 cm³/mol. The van der Waals surface area contributed by atoms with Crippen LogP contribution in [0.15, 0.2) is 30.3 Å². The molecule has 1 heterocycles. The predicted octanol–water partition coefficient (Wildman–Crippen LogP) is 1.74. The summed E-state index contributed by atoms with van der Waals surface area (Å²) in [6.45, 7) is 7.85. The Kier molecular flexibility index (Phi) is 6.10. The van der Waals surface area contributed by atoms with Gasteiger partial charge in [-0.2, -0.15) is 0 Å². The first-order valence-electron chi connectivity index (χ1n) is 9.17. The lowest BCUT2D eigenvalue weighted by Gasteiger charge is -2.37. The third kappa shape index (κ3) is 5.21. The van der Waals surface area contributed by atoms with Crippen LogP contribution in [-0.4, -0.2) is 67.1 Å². The molecule has 1 saturated carbocycles. The summed E-state index contributed by atoms with van der Waals surface area (Å²) in [7, 11) is 0. The van der Waals surface area contributed by atoms with Crippen LogP contribution < -0.4 is 10.1 Å². The summed E-state index contributed by atoms with van der Waals surface area (Å²) in [5.74, 6) is 1.14. The molecule has 0 spiro atoms. The van der Waals surface area contributed by atoms with Crippen LogP contribution >= 0.6 is 0 Å². The van der Waals surface area contributed by atoms with Crippen molar-refractivity contribution in [2.45, 2.75) is 38.3 Å². The second kappa shape index (κ2) is 8.49. The summed E-state index contributed by atoms with van der Waals surface area (Å²) in [4.78, 5) is 16.9. The summed E-state index contributed by atoms with van der Waals surface area (Å²) in [6.07, 6.45) is 3.33. The molecule has 1 saturated heterocycles. The van der Waals surface area contributed by atoms with Gasteiger partial charge < -0.3 is 15.0 Å². The maximum absolute atomic E-state index is 12.1. The Bertz CT molecular complexity index is 511. The third-order valence-electron chi connectivity index (χ3n) is 4.89. The molecule has 5 heteroatoms. The van der Waals surface area contributed by atoms with Gasteiger partial charge in [-0.3, -0.25) is 9.69 Å². The third-order valence-corrected chi connectivity index (χ3v) is 4.89. The van der Waals surface area contributed by atoms with E-state index in [1.54, 1.807) is 0 Å². The van der Waals surface area contributed by atoms with Crippen molar-refractivity contribution < 1.29 is 9.53 Å². The van der Waals surface area contributed by atoms with Crippen LogP contribution in [0.3, 0.4) is 0 Å².